The summed E-state index contributed by atoms with van der Waals surface area (Å²) >= 11 is 5.19. The molecule has 0 aliphatic carbocycles. The third-order valence-electron chi connectivity index (χ3n) is 1.96. The van der Waals surface area contributed by atoms with Crippen molar-refractivity contribution in [2.75, 3.05) is 0 Å². The van der Waals surface area contributed by atoms with Crippen LogP contribution in [0, 0.1) is 0 Å². The zero-order valence-electron chi connectivity index (χ0n) is 9.14. The molecular formula is C9H4ClF6NO3. The van der Waals surface area contributed by atoms with E-state index in [0.29, 0.717) is 6.20 Å². The molecule has 1 N–H and O–H groups in total. The lowest BCUT2D eigenvalue weighted by molar-refractivity contribution is -0.276. The largest absolute Gasteiger partial charge is 0.573 e. The summed E-state index contributed by atoms with van der Waals surface area (Å²) in [5, 5.41) is 8.61. The smallest absolute Gasteiger partial charge is 0.476 e. The van der Waals surface area contributed by atoms with Crippen molar-refractivity contribution in [2.45, 2.75) is 18.4 Å². The molecule has 0 amide bonds. The van der Waals surface area contributed by atoms with Gasteiger partial charge in [-0.2, -0.15) is 13.2 Å². The molecule has 1 heterocycles. The number of rotatable bonds is 3. The SMILES string of the molecule is O=C(O)c1ncc(CCl)c(C(F)(F)F)c1OC(F)(F)F. The van der Waals surface area contributed by atoms with Crippen LogP contribution in [0.25, 0.3) is 0 Å². The van der Waals surface area contributed by atoms with Gasteiger partial charge in [-0.15, -0.1) is 24.8 Å². The molecule has 0 aliphatic heterocycles. The summed E-state index contributed by atoms with van der Waals surface area (Å²) in [5.74, 6) is -4.86. The second-order valence-corrected chi connectivity index (χ2v) is 3.59. The Morgan fingerprint density at radius 3 is 2.20 bits per heavy atom. The standard InChI is InChI=1S/C9H4ClF6NO3/c10-1-3-2-17-5(7(18)19)6(20-9(14,15)16)4(3)8(11,12)13/h2H,1H2,(H,18,19). The van der Waals surface area contributed by atoms with Gasteiger partial charge in [-0.25, -0.2) is 9.78 Å². The van der Waals surface area contributed by atoms with Gasteiger partial charge in [-0.1, -0.05) is 0 Å². The molecule has 112 valence electrons. The number of carbonyl (C=O) groups is 1. The van der Waals surface area contributed by atoms with Crippen LogP contribution in [0.2, 0.25) is 0 Å². The molecule has 4 nitrogen and oxygen atoms in total. The van der Waals surface area contributed by atoms with Crippen molar-refractivity contribution in [1.29, 1.82) is 0 Å². The number of ether oxygens (including phenoxy) is 1. The number of carboxylic acids is 1. The van der Waals surface area contributed by atoms with Crippen molar-refractivity contribution in [1.82, 2.24) is 4.98 Å². The first-order valence-electron chi connectivity index (χ1n) is 4.61. The number of pyridine rings is 1. The van der Waals surface area contributed by atoms with E-state index >= 15 is 0 Å². The predicted molar refractivity (Wildman–Crippen MR) is 52.4 cm³/mol. The maximum Gasteiger partial charge on any atom is 0.573 e. The van der Waals surface area contributed by atoms with Crippen LogP contribution in [0.3, 0.4) is 0 Å². The number of carboxylic acid groups (broad SMARTS) is 1. The minimum absolute atomic E-state index is 0.433. The maximum absolute atomic E-state index is 12.8. The van der Waals surface area contributed by atoms with Crippen molar-refractivity contribution in [2.24, 2.45) is 0 Å². The van der Waals surface area contributed by atoms with Gasteiger partial charge in [0.2, 0.25) is 0 Å². The van der Waals surface area contributed by atoms with E-state index in [1.165, 1.54) is 0 Å². The molecule has 1 rings (SSSR count). The number of nitrogens with zero attached hydrogens (tertiary/aromatic N) is 1. The monoisotopic (exact) mass is 323 g/mol. The van der Waals surface area contributed by atoms with Gasteiger partial charge in [-0.3, -0.25) is 0 Å². The molecule has 0 fully saturated rings. The minimum Gasteiger partial charge on any atom is -0.476 e. The Bertz CT molecular complexity index is 528. The van der Waals surface area contributed by atoms with Gasteiger partial charge in [0.15, 0.2) is 11.4 Å². The van der Waals surface area contributed by atoms with Crippen LogP contribution < -0.4 is 4.74 Å². The molecule has 0 spiro atoms. The first-order valence-corrected chi connectivity index (χ1v) is 5.15. The molecule has 0 aliphatic rings. The molecule has 0 unspecified atom stereocenters. The van der Waals surface area contributed by atoms with Crippen LogP contribution in [-0.2, 0) is 12.1 Å². The Labute approximate surface area is 111 Å². The van der Waals surface area contributed by atoms with E-state index in [4.69, 9.17) is 16.7 Å². The molecule has 0 radical (unpaired) electrons. The first-order chi connectivity index (χ1) is 8.97. The summed E-state index contributed by atoms with van der Waals surface area (Å²) in [6.07, 6.45) is -10.4. The third-order valence-corrected chi connectivity index (χ3v) is 2.25. The topological polar surface area (TPSA) is 59.4 Å². The van der Waals surface area contributed by atoms with E-state index in [9.17, 15) is 31.1 Å². The molecule has 1 aromatic heterocycles. The molecule has 0 atom stereocenters. The van der Waals surface area contributed by atoms with E-state index in [1.54, 1.807) is 0 Å². The second kappa shape index (κ2) is 5.35. The number of aromatic carboxylic acids is 1. The molecule has 11 heteroatoms. The van der Waals surface area contributed by atoms with Gasteiger partial charge in [-0.05, 0) is 0 Å². The van der Waals surface area contributed by atoms with Gasteiger partial charge < -0.3 is 9.84 Å². The molecule has 0 aromatic carbocycles. The fourth-order valence-electron chi connectivity index (χ4n) is 1.31. The fourth-order valence-corrected chi connectivity index (χ4v) is 1.51. The van der Waals surface area contributed by atoms with Crippen LogP contribution in [0.15, 0.2) is 6.20 Å². The summed E-state index contributed by atoms with van der Waals surface area (Å²) in [7, 11) is 0. The highest BCUT2D eigenvalue weighted by Gasteiger charge is 2.44. The Balaban J connectivity index is 3.65. The zero-order chi connectivity index (χ0) is 15.7. The number of halogens is 7. The first kappa shape index (κ1) is 16.3. The average Bonchev–Trinajstić information content (AvgIpc) is 2.23. The van der Waals surface area contributed by atoms with E-state index in [2.05, 4.69) is 9.72 Å². The van der Waals surface area contributed by atoms with Crippen LogP contribution >= 0.6 is 11.6 Å². The Morgan fingerprint density at radius 2 is 1.85 bits per heavy atom. The zero-order valence-corrected chi connectivity index (χ0v) is 9.90. The normalized spacial score (nSPS) is 12.3. The summed E-state index contributed by atoms with van der Waals surface area (Å²) in [6.45, 7) is 0. The summed E-state index contributed by atoms with van der Waals surface area (Å²) < 4.78 is 78.0. The van der Waals surface area contributed by atoms with Crippen molar-refractivity contribution >= 4 is 17.6 Å². The highest BCUT2D eigenvalue weighted by molar-refractivity contribution is 6.17. The number of aromatic nitrogens is 1. The number of alkyl halides is 7. The van der Waals surface area contributed by atoms with Crippen molar-refractivity contribution in [3.63, 3.8) is 0 Å². The van der Waals surface area contributed by atoms with Crippen molar-refractivity contribution in [3.8, 4) is 5.75 Å². The maximum atomic E-state index is 12.8. The van der Waals surface area contributed by atoms with E-state index in [1.807, 2.05) is 0 Å². The van der Waals surface area contributed by atoms with E-state index in [0.717, 1.165) is 0 Å². The molecule has 0 saturated heterocycles. The van der Waals surface area contributed by atoms with Crippen LogP contribution in [0.4, 0.5) is 26.3 Å². The third kappa shape index (κ3) is 3.65. The average molecular weight is 324 g/mol. The lowest BCUT2D eigenvalue weighted by Crippen LogP contribution is -2.24. The number of hydrogen-bond donors (Lipinski definition) is 1. The van der Waals surface area contributed by atoms with Crippen molar-refractivity contribution in [3.05, 3.63) is 23.0 Å². The van der Waals surface area contributed by atoms with Gasteiger partial charge in [0.05, 0.1) is 0 Å². The van der Waals surface area contributed by atoms with Crippen LogP contribution in [-0.4, -0.2) is 22.4 Å². The van der Waals surface area contributed by atoms with E-state index < -0.39 is 47.0 Å². The molecule has 1 aromatic rings. The van der Waals surface area contributed by atoms with Gasteiger partial charge >= 0.3 is 18.5 Å². The lowest BCUT2D eigenvalue weighted by atomic mass is 10.1. The summed E-state index contributed by atoms with van der Waals surface area (Å²) in [6, 6.07) is 0. The molecule has 0 bridgehead atoms. The van der Waals surface area contributed by atoms with Gasteiger partial charge in [0, 0.05) is 17.6 Å². The fraction of sp³-hybridized carbons (Fsp3) is 0.333. The summed E-state index contributed by atoms with van der Waals surface area (Å²) in [5.41, 5.74) is -4.26. The number of hydrogen-bond acceptors (Lipinski definition) is 3. The lowest BCUT2D eigenvalue weighted by Gasteiger charge is -2.18. The molecule has 20 heavy (non-hydrogen) atoms. The molecular weight excluding hydrogens is 320 g/mol. The highest BCUT2D eigenvalue weighted by atomic mass is 35.5. The highest BCUT2D eigenvalue weighted by Crippen LogP contribution is 2.42. The van der Waals surface area contributed by atoms with Gasteiger partial charge in [0.25, 0.3) is 0 Å². The van der Waals surface area contributed by atoms with Crippen LogP contribution in [0.1, 0.15) is 21.6 Å². The second-order valence-electron chi connectivity index (χ2n) is 3.32. The predicted octanol–water partition coefficient (Wildman–Crippen LogP) is 3.44. The quantitative estimate of drug-likeness (QED) is 0.684. The minimum atomic E-state index is -5.52. The Morgan fingerprint density at radius 1 is 1.30 bits per heavy atom. The Kier molecular flexibility index (Phi) is 4.37. The van der Waals surface area contributed by atoms with Crippen molar-refractivity contribution < 1.29 is 41.0 Å². The van der Waals surface area contributed by atoms with Crippen LogP contribution in [0.5, 0.6) is 5.75 Å². The summed E-state index contributed by atoms with van der Waals surface area (Å²) in [4.78, 5) is 13.7. The Hall–Kier alpha value is -1.71. The molecule has 0 saturated carbocycles. The van der Waals surface area contributed by atoms with Gasteiger partial charge in [0.1, 0.15) is 5.56 Å². The van der Waals surface area contributed by atoms with E-state index in [-0.39, 0.29) is 0 Å².